The van der Waals surface area contributed by atoms with Gasteiger partial charge in [-0.3, -0.25) is 5.32 Å². The molecule has 23 heavy (non-hydrogen) atoms. The molecule has 1 heterocycles. The van der Waals surface area contributed by atoms with Crippen LogP contribution in [0.5, 0.6) is 0 Å². The van der Waals surface area contributed by atoms with Crippen LogP contribution in [-0.2, 0) is 0 Å². The molecular formula is C20H38NO2+. The zero-order chi connectivity index (χ0) is 16.7. The number of nitrogens with one attached hydrogen (secondary N) is 1. The van der Waals surface area contributed by atoms with E-state index in [0.717, 1.165) is 13.0 Å². The van der Waals surface area contributed by atoms with Crippen molar-refractivity contribution in [1.29, 1.82) is 0 Å². The van der Waals surface area contributed by atoms with E-state index < -0.39 is 11.6 Å². The molecule has 4 atom stereocenters. The Morgan fingerprint density at radius 1 is 1.00 bits per heavy atom. The maximum atomic E-state index is 11.0. The zero-order valence-electron chi connectivity index (χ0n) is 15.1. The standard InChI is InChI=1S/C20H38NO2/c1-3-18-16(15-22)14-21-20(2,19(18)23)17-12-10-8-6-4-5-7-9-11-13-17/h16-19,21-23H,2-15H2,1H3/q+1. The molecule has 0 bridgehead atoms. The third-order valence-electron chi connectivity index (χ3n) is 6.52. The highest BCUT2D eigenvalue weighted by molar-refractivity contribution is 5.08. The predicted octanol–water partition coefficient (Wildman–Crippen LogP) is 3.69. The van der Waals surface area contributed by atoms with E-state index in [2.05, 4.69) is 19.2 Å². The molecule has 0 spiro atoms. The Morgan fingerprint density at radius 3 is 2.00 bits per heavy atom. The van der Waals surface area contributed by atoms with E-state index in [1.807, 2.05) is 0 Å². The molecule has 0 aromatic carbocycles. The zero-order valence-corrected chi connectivity index (χ0v) is 15.1. The fraction of sp³-hybridized carbons (Fsp3) is 0.950. The van der Waals surface area contributed by atoms with Crippen LogP contribution in [0.1, 0.15) is 77.6 Å². The highest BCUT2D eigenvalue weighted by Gasteiger charge is 2.53. The molecule has 0 aromatic rings. The Morgan fingerprint density at radius 2 is 1.52 bits per heavy atom. The van der Waals surface area contributed by atoms with Crippen molar-refractivity contribution < 1.29 is 10.2 Å². The van der Waals surface area contributed by atoms with Crippen molar-refractivity contribution >= 4 is 0 Å². The first kappa shape index (κ1) is 19.1. The summed E-state index contributed by atoms with van der Waals surface area (Å²) in [5.41, 5.74) is -0.430. The Kier molecular flexibility index (Phi) is 7.71. The van der Waals surface area contributed by atoms with E-state index in [1.54, 1.807) is 0 Å². The van der Waals surface area contributed by atoms with Gasteiger partial charge in [-0.05, 0) is 18.8 Å². The van der Waals surface area contributed by atoms with Crippen LogP contribution < -0.4 is 5.32 Å². The molecule has 2 aliphatic rings. The van der Waals surface area contributed by atoms with Crippen LogP contribution in [0.15, 0.2) is 0 Å². The molecule has 134 valence electrons. The Hall–Kier alpha value is -0.250. The average Bonchev–Trinajstić information content (AvgIpc) is 2.62. The summed E-state index contributed by atoms with van der Waals surface area (Å²) in [5, 5.41) is 24.2. The third-order valence-corrected chi connectivity index (χ3v) is 6.52. The molecule has 2 rings (SSSR count). The Labute approximate surface area is 143 Å². The molecule has 2 fully saturated rings. The molecule has 0 amide bonds. The van der Waals surface area contributed by atoms with Crippen LogP contribution in [0.4, 0.5) is 0 Å². The van der Waals surface area contributed by atoms with E-state index in [4.69, 9.17) is 0 Å². The smallest absolute Gasteiger partial charge is 0.185 e. The van der Waals surface area contributed by atoms with Gasteiger partial charge in [-0.15, -0.1) is 0 Å². The van der Waals surface area contributed by atoms with Gasteiger partial charge in [0.15, 0.2) is 5.54 Å². The van der Waals surface area contributed by atoms with E-state index in [1.165, 1.54) is 64.2 Å². The van der Waals surface area contributed by atoms with Gasteiger partial charge in [0.1, 0.15) is 6.10 Å². The van der Waals surface area contributed by atoms with Crippen LogP contribution in [-0.4, -0.2) is 35.0 Å². The number of rotatable bonds is 3. The fourth-order valence-electron chi connectivity index (χ4n) is 4.86. The van der Waals surface area contributed by atoms with Crippen molar-refractivity contribution in [3.8, 4) is 0 Å². The molecule has 1 saturated heterocycles. The lowest BCUT2D eigenvalue weighted by Gasteiger charge is -2.46. The maximum absolute atomic E-state index is 11.0. The van der Waals surface area contributed by atoms with Gasteiger partial charge in [-0.2, -0.15) is 0 Å². The minimum absolute atomic E-state index is 0.156. The van der Waals surface area contributed by atoms with Gasteiger partial charge in [0, 0.05) is 25.0 Å². The third kappa shape index (κ3) is 4.64. The van der Waals surface area contributed by atoms with Gasteiger partial charge in [0.25, 0.3) is 0 Å². The van der Waals surface area contributed by atoms with Crippen LogP contribution >= 0.6 is 0 Å². The van der Waals surface area contributed by atoms with Gasteiger partial charge in [0.05, 0.1) is 6.92 Å². The first-order valence-electron chi connectivity index (χ1n) is 10.0. The first-order valence-corrected chi connectivity index (χ1v) is 10.0. The molecule has 3 heteroatoms. The lowest BCUT2D eigenvalue weighted by Crippen LogP contribution is -2.66. The van der Waals surface area contributed by atoms with Crippen LogP contribution in [0.25, 0.3) is 0 Å². The fourth-order valence-corrected chi connectivity index (χ4v) is 4.86. The van der Waals surface area contributed by atoms with Gasteiger partial charge >= 0.3 is 0 Å². The lowest BCUT2D eigenvalue weighted by atomic mass is 9.66. The molecule has 0 radical (unpaired) electrons. The molecule has 1 aliphatic heterocycles. The highest BCUT2D eigenvalue weighted by atomic mass is 16.3. The molecular weight excluding hydrogens is 286 g/mol. The topological polar surface area (TPSA) is 52.5 Å². The molecule has 0 aromatic heterocycles. The largest absolute Gasteiger partial charge is 0.396 e. The van der Waals surface area contributed by atoms with E-state index in [0.29, 0.717) is 5.92 Å². The van der Waals surface area contributed by atoms with Crippen molar-refractivity contribution in [3.05, 3.63) is 6.92 Å². The maximum Gasteiger partial charge on any atom is 0.185 e. The number of aliphatic hydroxyl groups excluding tert-OH is 2. The van der Waals surface area contributed by atoms with Gasteiger partial charge in [-0.1, -0.05) is 64.7 Å². The van der Waals surface area contributed by atoms with E-state index in [9.17, 15) is 10.2 Å². The van der Waals surface area contributed by atoms with Crippen molar-refractivity contribution in [3.63, 3.8) is 0 Å². The average molecular weight is 325 g/mol. The van der Waals surface area contributed by atoms with E-state index in [-0.39, 0.29) is 18.4 Å². The SMILES string of the molecule is [CH2+]C1(C2CCCCCCCCCC2)NCC(CO)C(CC)C1O. The Balaban J connectivity index is 2.07. The normalized spacial score (nSPS) is 38.8. The number of piperidine rings is 1. The summed E-state index contributed by atoms with van der Waals surface area (Å²) < 4.78 is 0. The van der Waals surface area contributed by atoms with E-state index >= 15 is 0 Å². The molecule has 4 unspecified atom stereocenters. The molecule has 1 saturated carbocycles. The van der Waals surface area contributed by atoms with Gasteiger partial charge < -0.3 is 10.2 Å². The summed E-state index contributed by atoms with van der Waals surface area (Å²) in [5.74, 6) is 0.772. The summed E-state index contributed by atoms with van der Waals surface area (Å²) in [7, 11) is 0. The highest BCUT2D eigenvalue weighted by Crippen LogP contribution is 2.39. The number of hydrogen-bond donors (Lipinski definition) is 3. The lowest BCUT2D eigenvalue weighted by molar-refractivity contribution is -0.0630. The van der Waals surface area contributed by atoms with Gasteiger partial charge in [-0.25, -0.2) is 0 Å². The van der Waals surface area contributed by atoms with Crippen molar-refractivity contribution in [1.82, 2.24) is 5.32 Å². The summed E-state index contributed by atoms with van der Waals surface area (Å²) in [4.78, 5) is 0. The van der Waals surface area contributed by atoms with Crippen molar-refractivity contribution in [2.75, 3.05) is 13.2 Å². The molecule has 3 N–H and O–H groups in total. The number of hydrogen-bond acceptors (Lipinski definition) is 3. The minimum Gasteiger partial charge on any atom is -0.396 e. The van der Waals surface area contributed by atoms with Crippen LogP contribution in [0, 0.1) is 24.7 Å². The first-order chi connectivity index (χ1) is 11.1. The molecule has 1 aliphatic carbocycles. The van der Waals surface area contributed by atoms with Crippen molar-refractivity contribution in [2.45, 2.75) is 89.2 Å². The Bertz CT molecular complexity index is 324. The van der Waals surface area contributed by atoms with Crippen LogP contribution in [0.2, 0.25) is 0 Å². The minimum atomic E-state index is -0.450. The number of aliphatic hydroxyl groups is 2. The van der Waals surface area contributed by atoms with Crippen molar-refractivity contribution in [2.24, 2.45) is 17.8 Å². The van der Waals surface area contributed by atoms with Gasteiger partial charge in [0.2, 0.25) is 0 Å². The second kappa shape index (κ2) is 9.29. The monoisotopic (exact) mass is 324 g/mol. The summed E-state index contributed by atoms with van der Waals surface area (Å²) in [6.07, 6.45) is 13.5. The summed E-state index contributed by atoms with van der Waals surface area (Å²) in [6, 6.07) is 0. The molecule has 3 nitrogen and oxygen atoms in total. The summed E-state index contributed by atoms with van der Waals surface area (Å²) in [6.45, 7) is 7.57. The second-order valence-electron chi connectivity index (χ2n) is 7.98. The second-order valence-corrected chi connectivity index (χ2v) is 7.98. The summed E-state index contributed by atoms with van der Waals surface area (Å²) >= 11 is 0. The van der Waals surface area contributed by atoms with Crippen LogP contribution in [0.3, 0.4) is 0 Å². The quantitative estimate of drug-likeness (QED) is 0.694. The predicted molar refractivity (Wildman–Crippen MR) is 96.1 cm³/mol.